The highest BCUT2D eigenvalue weighted by Crippen LogP contribution is 2.40. The van der Waals surface area contributed by atoms with E-state index in [1.165, 1.54) is 28.3 Å². The molecule has 0 saturated carbocycles. The van der Waals surface area contributed by atoms with E-state index < -0.39 is 0 Å². The molecule has 3 heterocycles. The predicted molar refractivity (Wildman–Crippen MR) is 109 cm³/mol. The number of hydrogen-bond acceptors (Lipinski definition) is 5. The molecule has 6 heteroatoms. The number of anilines is 2. The number of aromatic nitrogens is 2. The summed E-state index contributed by atoms with van der Waals surface area (Å²) in [4.78, 5) is 16.3. The van der Waals surface area contributed by atoms with Crippen LogP contribution in [0.5, 0.6) is 0 Å². The lowest BCUT2D eigenvalue weighted by molar-refractivity contribution is 0.508. The summed E-state index contributed by atoms with van der Waals surface area (Å²) >= 11 is 1.84. The number of aryl methyl sites for hydroxylation is 1. The molecule has 1 aliphatic heterocycles. The molecule has 4 nitrogen and oxygen atoms in total. The van der Waals surface area contributed by atoms with E-state index >= 15 is 0 Å². The molecule has 0 radical (unpaired) electrons. The predicted octanol–water partition coefficient (Wildman–Crippen LogP) is 4.28. The Balaban J connectivity index is 1.44. The first-order valence-corrected chi connectivity index (χ1v) is 10.5. The van der Waals surface area contributed by atoms with Gasteiger partial charge in [-0.2, -0.15) is 0 Å². The van der Waals surface area contributed by atoms with Crippen LogP contribution >= 0.6 is 11.3 Å². The summed E-state index contributed by atoms with van der Waals surface area (Å²) in [5.41, 5.74) is 2.17. The van der Waals surface area contributed by atoms with Crippen molar-refractivity contribution in [2.75, 3.05) is 36.0 Å². The minimum Gasteiger partial charge on any atom is -0.366 e. The van der Waals surface area contributed by atoms with Gasteiger partial charge in [0.1, 0.15) is 22.8 Å². The summed E-state index contributed by atoms with van der Waals surface area (Å²) in [5.74, 6) is 1.65. The largest absolute Gasteiger partial charge is 0.366 e. The Morgan fingerprint density at radius 3 is 2.67 bits per heavy atom. The molecule has 1 fully saturated rings. The highest BCUT2D eigenvalue weighted by atomic mass is 32.1. The second kappa shape index (κ2) is 6.75. The SMILES string of the molecule is CC1CCc2sc3ncnc(N4CCN(c5ccccc5F)CC4)c3c2C1. The number of nitrogens with zero attached hydrogens (tertiary/aromatic N) is 4. The van der Waals surface area contributed by atoms with E-state index in [1.807, 2.05) is 23.5 Å². The van der Waals surface area contributed by atoms with Gasteiger partial charge in [0.15, 0.2) is 0 Å². The van der Waals surface area contributed by atoms with Gasteiger partial charge in [0.2, 0.25) is 0 Å². The fraction of sp³-hybridized carbons (Fsp3) is 0.429. The second-order valence-electron chi connectivity index (χ2n) is 7.65. The molecule has 1 saturated heterocycles. The van der Waals surface area contributed by atoms with Crippen molar-refractivity contribution in [3.63, 3.8) is 0 Å². The van der Waals surface area contributed by atoms with E-state index in [-0.39, 0.29) is 5.82 Å². The third-order valence-corrected chi connectivity index (χ3v) is 7.04. The van der Waals surface area contributed by atoms with Crippen molar-refractivity contribution >= 4 is 33.1 Å². The number of para-hydroxylation sites is 1. The third kappa shape index (κ3) is 2.96. The van der Waals surface area contributed by atoms with Crippen molar-refractivity contribution in [2.24, 2.45) is 5.92 Å². The minimum absolute atomic E-state index is 0.142. The average molecular weight is 383 g/mol. The molecule has 1 atom stereocenters. The number of fused-ring (bicyclic) bond motifs is 3. The molecule has 0 N–H and O–H groups in total. The van der Waals surface area contributed by atoms with Crippen molar-refractivity contribution in [3.8, 4) is 0 Å². The average Bonchev–Trinajstić information content (AvgIpc) is 3.06. The lowest BCUT2D eigenvalue weighted by Crippen LogP contribution is -2.47. The summed E-state index contributed by atoms with van der Waals surface area (Å²) < 4.78 is 14.1. The Labute approximate surface area is 162 Å². The highest BCUT2D eigenvalue weighted by molar-refractivity contribution is 7.19. The first-order chi connectivity index (χ1) is 13.2. The lowest BCUT2D eigenvalue weighted by atomic mass is 9.88. The third-order valence-electron chi connectivity index (χ3n) is 5.84. The van der Waals surface area contributed by atoms with Gasteiger partial charge in [-0.15, -0.1) is 11.3 Å². The molecule has 27 heavy (non-hydrogen) atoms. The number of halogens is 1. The first kappa shape index (κ1) is 16.9. The van der Waals surface area contributed by atoms with Crippen LogP contribution in [0.4, 0.5) is 15.9 Å². The Morgan fingerprint density at radius 1 is 1.07 bits per heavy atom. The molecule has 3 aromatic rings. The molecule has 0 bridgehead atoms. The Bertz CT molecular complexity index is 977. The Kier molecular flexibility index (Phi) is 4.23. The number of benzene rings is 1. The smallest absolute Gasteiger partial charge is 0.146 e. The first-order valence-electron chi connectivity index (χ1n) is 9.70. The summed E-state index contributed by atoms with van der Waals surface area (Å²) in [6.45, 7) is 5.63. The summed E-state index contributed by atoms with van der Waals surface area (Å²) in [6.07, 6.45) is 5.26. The highest BCUT2D eigenvalue weighted by Gasteiger charge is 2.27. The van der Waals surface area contributed by atoms with Crippen LogP contribution in [0.1, 0.15) is 23.8 Å². The normalized spacial score (nSPS) is 20.1. The van der Waals surface area contributed by atoms with Gasteiger partial charge >= 0.3 is 0 Å². The lowest BCUT2D eigenvalue weighted by Gasteiger charge is -2.37. The standard InChI is InChI=1S/C21H23FN4S/c1-14-6-7-18-15(12-14)19-20(23-13-24-21(19)27-18)26-10-8-25(9-11-26)17-5-3-2-4-16(17)22/h2-5,13-14H,6-12H2,1H3. The minimum atomic E-state index is -0.142. The van der Waals surface area contributed by atoms with Crippen LogP contribution in [0.2, 0.25) is 0 Å². The molecule has 140 valence electrons. The molecule has 0 spiro atoms. The molecular weight excluding hydrogens is 359 g/mol. The molecule has 1 unspecified atom stereocenters. The van der Waals surface area contributed by atoms with Crippen molar-refractivity contribution < 1.29 is 4.39 Å². The van der Waals surface area contributed by atoms with Crippen molar-refractivity contribution in [1.29, 1.82) is 0 Å². The van der Waals surface area contributed by atoms with E-state index in [1.54, 1.807) is 12.4 Å². The zero-order valence-corrected chi connectivity index (χ0v) is 16.3. The van der Waals surface area contributed by atoms with Crippen LogP contribution in [0, 0.1) is 11.7 Å². The van der Waals surface area contributed by atoms with Crippen LogP contribution in [0.3, 0.4) is 0 Å². The fourth-order valence-electron chi connectivity index (χ4n) is 4.37. The van der Waals surface area contributed by atoms with Gasteiger partial charge in [0.05, 0.1) is 11.1 Å². The summed E-state index contributed by atoms with van der Waals surface area (Å²) in [7, 11) is 0. The Hall–Kier alpha value is -2.21. The maximum atomic E-state index is 14.1. The molecule has 1 aromatic carbocycles. The molecular formula is C21H23FN4S. The van der Waals surface area contributed by atoms with Crippen LogP contribution in [-0.4, -0.2) is 36.1 Å². The molecule has 5 rings (SSSR count). The van der Waals surface area contributed by atoms with Gasteiger partial charge in [-0.1, -0.05) is 19.1 Å². The van der Waals surface area contributed by atoms with Crippen LogP contribution < -0.4 is 9.80 Å². The summed E-state index contributed by atoms with van der Waals surface area (Å²) in [6, 6.07) is 7.05. The van der Waals surface area contributed by atoms with Crippen LogP contribution in [0.25, 0.3) is 10.2 Å². The van der Waals surface area contributed by atoms with Crippen molar-refractivity contribution in [2.45, 2.75) is 26.2 Å². The zero-order valence-electron chi connectivity index (χ0n) is 15.5. The molecule has 2 aromatic heterocycles. The molecule has 2 aliphatic rings. The second-order valence-corrected chi connectivity index (χ2v) is 8.74. The number of rotatable bonds is 2. The van der Waals surface area contributed by atoms with Crippen LogP contribution in [-0.2, 0) is 12.8 Å². The van der Waals surface area contributed by atoms with Gasteiger partial charge in [-0.05, 0) is 42.9 Å². The monoisotopic (exact) mass is 382 g/mol. The maximum Gasteiger partial charge on any atom is 0.146 e. The van der Waals surface area contributed by atoms with Gasteiger partial charge in [-0.3, -0.25) is 0 Å². The number of thiophene rings is 1. The Morgan fingerprint density at radius 2 is 1.85 bits per heavy atom. The maximum absolute atomic E-state index is 14.1. The number of hydrogen-bond donors (Lipinski definition) is 0. The van der Waals surface area contributed by atoms with Gasteiger partial charge in [0, 0.05) is 31.1 Å². The van der Waals surface area contributed by atoms with E-state index in [2.05, 4.69) is 26.7 Å². The van der Waals surface area contributed by atoms with Gasteiger partial charge < -0.3 is 9.80 Å². The van der Waals surface area contributed by atoms with E-state index in [0.717, 1.165) is 55.6 Å². The van der Waals surface area contributed by atoms with Crippen molar-refractivity contribution in [3.05, 3.63) is 46.9 Å². The summed E-state index contributed by atoms with van der Waals surface area (Å²) in [5, 5.41) is 1.27. The van der Waals surface area contributed by atoms with Gasteiger partial charge in [0.25, 0.3) is 0 Å². The van der Waals surface area contributed by atoms with Gasteiger partial charge in [-0.25, -0.2) is 14.4 Å². The topological polar surface area (TPSA) is 32.3 Å². The van der Waals surface area contributed by atoms with E-state index in [4.69, 9.17) is 0 Å². The van der Waals surface area contributed by atoms with E-state index in [0.29, 0.717) is 5.69 Å². The van der Waals surface area contributed by atoms with E-state index in [9.17, 15) is 4.39 Å². The zero-order chi connectivity index (χ0) is 18.4. The van der Waals surface area contributed by atoms with Crippen molar-refractivity contribution in [1.82, 2.24) is 9.97 Å². The number of piperazine rings is 1. The molecule has 0 amide bonds. The molecule has 1 aliphatic carbocycles. The van der Waals surface area contributed by atoms with Crippen LogP contribution in [0.15, 0.2) is 30.6 Å². The quantitative estimate of drug-likeness (QED) is 0.662. The fourth-order valence-corrected chi connectivity index (χ4v) is 5.55.